The summed E-state index contributed by atoms with van der Waals surface area (Å²) in [6.07, 6.45) is 3.60. The van der Waals surface area contributed by atoms with E-state index in [0.29, 0.717) is 17.2 Å². The smallest absolute Gasteiger partial charge is 0.358 e. The fourth-order valence-corrected chi connectivity index (χ4v) is 10.1. The second kappa shape index (κ2) is 12.4. The van der Waals surface area contributed by atoms with Crippen LogP contribution in [0.5, 0.6) is 0 Å². The van der Waals surface area contributed by atoms with E-state index in [0.717, 1.165) is 6.42 Å². The Bertz CT molecular complexity index is 688. The van der Waals surface area contributed by atoms with Crippen LogP contribution in [0.25, 0.3) is 0 Å². The Hall–Kier alpha value is -0.407. The molecule has 0 aliphatic heterocycles. The first-order valence-electron chi connectivity index (χ1n) is 9.83. The van der Waals surface area contributed by atoms with Crippen molar-refractivity contribution in [1.29, 1.82) is 0 Å². The number of rotatable bonds is 5. The summed E-state index contributed by atoms with van der Waals surface area (Å²) in [5.41, 5.74) is 0.964. The number of hydrogen-bond acceptors (Lipinski definition) is 1. The van der Waals surface area contributed by atoms with Gasteiger partial charge in [-0.2, -0.15) is 0 Å². The second-order valence-electron chi connectivity index (χ2n) is 8.59. The normalized spacial score (nSPS) is 20.1. The fraction of sp³-hybridized carbons (Fsp3) is 0.440. The van der Waals surface area contributed by atoms with Crippen LogP contribution in [0.1, 0.15) is 47.0 Å². The molecule has 0 bridgehead atoms. The zero-order valence-corrected chi connectivity index (χ0v) is 22.3. The molecule has 0 heterocycles. The van der Waals surface area contributed by atoms with E-state index in [-0.39, 0.29) is 39.5 Å². The predicted octanol–water partition coefficient (Wildman–Crippen LogP) is 6.93. The summed E-state index contributed by atoms with van der Waals surface area (Å²) in [4.78, 5) is 0. The Morgan fingerprint density at radius 1 is 0.897 bits per heavy atom. The zero-order valence-electron chi connectivity index (χ0n) is 18.8. The molecule has 4 atom stereocenters. The van der Waals surface area contributed by atoms with E-state index < -0.39 is 15.7 Å². The fourth-order valence-electron chi connectivity index (χ4n) is 4.48. The van der Waals surface area contributed by atoms with Gasteiger partial charge < -0.3 is 14.9 Å². The summed E-state index contributed by atoms with van der Waals surface area (Å²) < 4.78 is 13.2. The Kier molecular flexibility index (Phi) is 12.3. The van der Waals surface area contributed by atoms with Crippen molar-refractivity contribution in [3.63, 3.8) is 0 Å². The van der Waals surface area contributed by atoms with E-state index in [1.165, 1.54) is 23.5 Å². The van der Waals surface area contributed by atoms with Crippen molar-refractivity contribution in [3.05, 3.63) is 75.5 Å². The molecule has 3 unspecified atom stereocenters. The first-order valence-corrected chi connectivity index (χ1v) is 12.7. The molecular formula is C25H38OP2Rh+2. The quantitative estimate of drug-likeness (QED) is 0.238. The van der Waals surface area contributed by atoms with E-state index in [1.807, 2.05) is 0 Å². The summed E-state index contributed by atoms with van der Waals surface area (Å²) in [5.74, 6) is 0.576. The van der Waals surface area contributed by atoms with Crippen LogP contribution in [0.4, 0.5) is 0 Å². The first kappa shape index (κ1) is 28.6. The standard InChI is InChI=1S/C23H31OP2.2CH3.Rh/c1-18(21-16-11-17-22(21)26(24)23(2,3)4)25(19-12-7-5-8-13-19)20-14-9-6-10-15-20;;;/h5-10,12-15,18,21-22H,11,16-17H2,1-4H3;2*1H3;/q+1;2*-1;+2/p+1/t18-,21?,22?;;;/m1.../s1. The molecule has 1 nitrogen and oxygen atoms in total. The Morgan fingerprint density at radius 2 is 1.34 bits per heavy atom. The van der Waals surface area contributed by atoms with Gasteiger partial charge in [-0.15, -0.1) is 0 Å². The van der Waals surface area contributed by atoms with Crippen LogP contribution in [-0.2, 0) is 24.0 Å². The van der Waals surface area contributed by atoms with Gasteiger partial charge in [0.2, 0.25) is 0 Å². The van der Waals surface area contributed by atoms with Gasteiger partial charge >= 0.3 is 27.3 Å². The minimum atomic E-state index is -1.19. The molecule has 2 aromatic carbocycles. The van der Waals surface area contributed by atoms with E-state index in [2.05, 4.69) is 88.4 Å². The summed E-state index contributed by atoms with van der Waals surface area (Å²) in [6, 6.07) is 22.1. The van der Waals surface area contributed by atoms with Gasteiger partial charge in [0.15, 0.2) is 10.8 Å². The van der Waals surface area contributed by atoms with Crippen molar-refractivity contribution < 1.29 is 24.0 Å². The van der Waals surface area contributed by atoms with Crippen molar-refractivity contribution >= 4 is 26.3 Å². The molecule has 0 spiro atoms. The third kappa shape index (κ3) is 6.79. The van der Waals surface area contributed by atoms with Crippen molar-refractivity contribution in [2.75, 3.05) is 0 Å². The van der Waals surface area contributed by atoms with E-state index in [1.54, 1.807) is 0 Å². The van der Waals surface area contributed by atoms with Gasteiger partial charge in [-0.1, -0.05) is 41.0 Å². The topological polar surface area (TPSA) is 17.1 Å². The van der Waals surface area contributed by atoms with Crippen molar-refractivity contribution in [2.24, 2.45) is 5.92 Å². The number of benzene rings is 2. The monoisotopic (exact) mass is 519 g/mol. The summed E-state index contributed by atoms with van der Waals surface area (Å²) >= 11 is 0. The summed E-state index contributed by atoms with van der Waals surface area (Å²) in [7, 11) is -2.09. The van der Waals surface area contributed by atoms with Crippen LogP contribution in [-0.4, -0.2) is 16.5 Å². The maximum absolute atomic E-state index is 13.2. The molecule has 1 fully saturated rings. The Balaban J connectivity index is 0.00000261. The molecule has 3 rings (SSSR count). The molecule has 2 aromatic rings. The molecule has 0 saturated heterocycles. The van der Waals surface area contributed by atoms with Gasteiger partial charge in [0, 0.05) is 5.92 Å². The molecule has 0 N–H and O–H groups in total. The summed E-state index contributed by atoms with van der Waals surface area (Å²) in [5, 5.41) is 2.87. The minimum absolute atomic E-state index is 0. The van der Waals surface area contributed by atoms with E-state index >= 15 is 0 Å². The van der Waals surface area contributed by atoms with Crippen molar-refractivity contribution in [1.82, 2.24) is 0 Å². The van der Waals surface area contributed by atoms with Crippen LogP contribution in [0, 0.1) is 20.8 Å². The molecule has 1 radical (unpaired) electrons. The largest absolute Gasteiger partial charge is 2.00 e. The second-order valence-corrected chi connectivity index (χ2v) is 14.1. The van der Waals surface area contributed by atoms with Crippen LogP contribution in [0.15, 0.2) is 60.7 Å². The molecule has 1 aliphatic rings. The van der Waals surface area contributed by atoms with Crippen molar-refractivity contribution in [3.8, 4) is 0 Å². The van der Waals surface area contributed by atoms with Gasteiger partial charge in [0.05, 0.1) is 24.2 Å². The van der Waals surface area contributed by atoms with Crippen molar-refractivity contribution in [2.45, 2.75) is 63.4 Å². The molecule has 29 heavy (non-hydrogen) atoms. The molecule has 4 heteroatoms. The number of hydrogen-bond donors (Lipinski definition) is 0. The summed E-state index contributed by atoms with van der Waals surface area (Å²) in [6.45, 7) is 8.87. The van der Waals surface area contributed by atoms with Gasteiger partial charge in [0.1, 0.15) is 0 Å². The third-order valence-electron chi connectivity index (χ3n) is 5.76. The zero-order chi connectivity index (χ0) is 18.7. The SMILES string of the molecule is C[C@H](C1CCCC1[P+](=O)C(C)(C)C)[PH+](c1ccccc1)c1ccccc1.[CH3-].[CH3-].[Rh+2]. The molecule has 161 valence electrons. The van der Waals surface area contributed by atoms with Crippen LogP contribution < -0.4 is 10.6 Å². The van der Waals surface area contributed by atoms with Crippen LogP contribution in [0.3, 0.4) is 0 Å². The van der Waals surface area contributed by atoms with Gasteiger partial charge in [-0.3, -0.25) is 0 Å². The molecule has 1 aliphatic carbocycles. The van der Waals surface area contributed by atoms with E-state index in [9.17, 15) is 4.57 Å². The minimum Gasteiger partial charge on any atom is -0.358 e. The molecule has 0 amide bonds. The van der Waals surface area contributed by atoms with Crippen LogP contribution in [0.2, 0.25) is 0 Å². The third-order valence-corrected chi connectivity index (χ3v) is 11.6. The maximum Gasteiger partial charge on any atom is 2.00 e. The van der Waals surface area contributed by atoms with E-state index in [4.69, 9.17) is 0 Å². The Morgan fingerprint density at radius 3 is 1.76 bits per heavy atom. The molecule has 1 saturated carbocycles. The van der Waals surface area contributed by atoms with Gasteiger partial charge in [0.25, 0.3) is 0 Å². The molecule has 0 aromatic heterocycles. The average Bonchev–Trinajstić information content (AvgIpc) is 3.12. The molecular weight excluding hydrogens is 481 g/mol. The van der Waals surface area contributed by atoms with Gasteiger partial charge in [-0.05, 0) is 71.2 Å². The van der Waals surface area contributed by atoms with Gasteiger partial charge in [-0.25, -0.2) is 0 Å². The van der Waals surface area contributed by atoms with Crippen LogP contribution >= 0.6 is 15.7 Å². The average molecular weight is 519 g/mol. The maximum atomic E-state index is 13.2. The first-order chi connectivity index (χ1) is 12.4. The predicted molar refractivity (Wildman–Crippen MR) is 131 cm³/mol. The Labute approximate surface area is 194 Å².